The van der Waals surface area contributed by atoms with Gasteiger partial charge in [-0.1, -0.05) is 29.8 Å². The molecule has 0 aromatic heterocycles. The van der Waals surface area contributed by atoms with Crippen LogP contribution in [-0.4, -0.2) is 31.6 Å². The summed E-state index contributed by atoms with van der Waals surface area (Å²) >= 11 is 0. The fourth-order valence-corrected chi connectivity index (χ4v) is 4.08. The molecule has 0 N–H and O–H groups in total. The van der Waals surface area contributed by atoms with E-state index in [-0.39, 0.29) is 12.8 Å². The number of rotatable bonds is 3. The van der Waals surface area contributed by atoms with Crippen LogP contribution in [0.3, 0.4) is 0 Å². The molecule has 2 heterocycles. The van der Waals surface area contributed by atoms with Crippen molar-refractivity contribution in [3.8, 4) is 11.5 Å². The van der Waals surface area contributed by atoms with Gasteiger partial charge in [0.05, 0.1) is 18.0 Å². The van der Waals surface area contributed by atoms with Crippen LogP contribution in [0, 0.1) is 6.92 Å². The average molecular weight is 358 g/mol. The molecule has 0 fully saturated rings. The normalized spacial score (nSPS) is 19.2. The average Bonchev–Trinajstić information content (AvgIpc) is 3.20. The van der Waals surface area contributed by atoms with Gasteiger partial charge >= 0.3 is 0 Å². The zero-order valence-electron chi connectivity index (χ0n) is 14.0. The molecule has 1 atom stereocenters. The minimum absolute atomic E-state index is 0.201. The predicted molar refractivity (Wildman–Crippen MR) is 94.3 cm³/mol. The first-order valence-corrected chi connectivity index (χ1v) is 9.80. The van der Waals surface area contributed by atoms with Crippen LogP contribution >= 0.6 is 0 Å². The summed E-state index contributed by atoms with van der Waals surface area (Å²) in [6.07, 6.45) is 1.69. The first-order valence-electron chi connectivity index (χ1n) is 7.95. The molecule has 0 amide bonds. The second-order valence-corrected chi connectivity index (χ2v) is 8.12. The van der Waals surface area contributed by atoms with Crippen LogP contribution in [0.1, 0.15) is 29.2 Å². The van der Waals surface area contributed by atoms with Crippen molar-refractivity contribution in [2.45, 2.75) is 19.4 Å². The minimum atomic E-state index is -3.48. The zero-order valence-corrected chi connectivity index (χ0v) is 14.8. The van der Waals surface area contributed by atoms with E-state index in [0.717, 1.165) is 22.4 Å². The monoisotopic (exact) mass is 358 g/mol. The summed E-state index contributed by atoms with van der Waals surface area (Å²) in [6, 6.07) is 13.1. The van der Waals surface area contributed by atoms with Crippen LogP contribution in [0.25, 0.3) is 0 Å². The maximum absolute atomic E-state index is 12.2. The quantitative estimate of drug-likeness (QED) is 0.846. The smallest absolute Gasteiger partial charge is 0.247 e. The van der Waals surface area contributed by atoms with Crippen LogP contribution in [0.5, 0.6) is 11.5 Å². The van der Waals surface area contributed by atoms with E-state index in [1.165, 1.54) is 10.7 Å². The molecule has 0 radical (unpaired) electrons. The first kappa shape index (κ1) is 16.0. The molecule has 25 heavy (non-hydrogen) atoms. The lowest BCUT2D eigenvalue weighted by Crippen LogP contribution is -2.25. The third-order valence-electron chi connectivity index (χ3n) is 4.35. The Morgan fingerprint density at radius 2 is 1.92 bits per heavy atom. The van der Waals surface area contributed by atoms with Gasteiger partial charge in [0.2, 0.25) is 16.8 Å². The third-order valence-corrected chi connectivity index (χ3v) is 5.36. The molecule has 2 aromatic carbocycles. The first-order chi connectivity index (χ1) is 11.9. The fraction of sp³-hybridized carbons (Fsp3) is 0.278. The Kier molecular flexibility index (Phi) is 3.68. The molecule has 0 aliphatic carbocycles. The Morgan fingerprint density at radius 3 is 2.68 bits per heavy atom. The van der Waals surface area contributed by atoms with E-state index in [1.54, 1.807) is 0 Å². The summed E-state index contributed by atoms with van der Waals surface area (Å²) in [5.74, 6) is 1.35. The molecule has 2 aliphatic rings. The van der Waals surface area contributed by atoms with Crippen molar-refractivity contribution in [3.05, 3.63) is 59.2 Å². The maximum atomic E-state index is 12.2. The Morgan fingerprint density at radius 1 is 1.12 bits per heavy atom. The van der Waals surface area contributed by atoms with E-state index in [1.807, 2.05) is 49.4 Å². The van der Waals surface area contributed by atoms with Crippen LogP contribution in [-0.2, 0) is 10.0 Å². The largest absolute Gasteiger partial charge is 0.454 e. The van der Waals surface area contributed by atoms with Gasteiger partial charge in [-0.25, -0.2) is 8.42 Å². The highest BCUT2D eigenvalue weighted by Gasteiger charge is 2.34. The van der Waals surface area contributed by atoms with Crippen molar-refractivity contribution in [3.63, 3.8) is 0 Å². The van der Waals surface area contributed by atoms with Gasteiger partial charge in [0.25, 0.3) is 0 Å². The Balaban J connectivity index is 1.73. The lowest BCUT2D eigenvalue weighted by molar-refractivity contribution is 0.174. The van der Waals surface area contributed by atoms with Gasteiger partial charge in [-0.15, -0.1) is 0 Å². The molecule has 0 unspecified atom stereocenters. The number of fused-ring (bicyclic) bond motifs is 1. The number of nitrogens with zero attached hydrogens (tertiary/aromatic N) is 2. The van der Waals surface area contributed by atoms with Crippen molar-refractivity contribution in [1.82, 2.24) is 4.41 Å². The van der Waals surface area contributed by atoms with Gasteiger partial charge in [-0.3, -0.25) is 0 Å². The minimum Gasteiger partial charge on any atom is -0.454 e. The summed E-state index contributed by atoms with van der Waals surface area (Å²) in [6.45, 7) is 2.19. The van der Waals surface area contributed by atoms with Crippen molar-refractivity contribution in [2.24, 2.45) is 5.10 Å². The van der Waals surface area contributed by atoms with Crippen LogP contribution in [0.15, 0.2) is 47.6 Å². The van der Waals surface area contributed by atoms with E-state index < -0.39 is 10.0 Å². The molecular formula is C18H18N2O4S. The SMILES string of the molecule is Cc1cccc([C@@H]2CC(c3ccc4c(c3)OCO4)=NN2S(C)(=O)=O)c1. The number of sulfonamides is 1. The Bertz CT molecular complexity index is 969. The van der Waals surface area contributed by atoms with Crippen LogP contribution in [0.4, 0.5) is 0 Å². The van der Waals surface area contributed by atoms with Gasteiger partial charge in [-0.2, -0.15) is 9.52 Å². The second kappa shape index (κ2) is 5.77. The fourth-order valence-electron chi connectivity index (χ4n) is 3.17. The van der Waals surface area contributed by atoms with E-state index in [9.17, 15) is 8.42 Å². The molecule has 4 rings (SSSR count). The van der Waals surface area contributed by atoms with E-state index in [0.29, 0.717) is 17.9 Å². The number of hydrazone groups is 1. The molecule has 2 aliphatic heterocycles. The van der Waals surface area contributed by atoms with Gasteiger partial charge in [0, 0.05) is 12.0 Å². The highest BCUT2D eigenvalue weighted by molar-refractivity contribution is 7.88. The summed E-state index contributed by atoms with van der Waals surface area (Å²) in [5.41, 5.74) is 3.58. The van der Waals surface area contributed by atoms with E-state index in [2.05, 4.69) is 5.10 Å². The number of hydrogen-bond acceptors (Lipinski definition) is 5. The predicted octanol–water partition coefficient (Wildman–Crippen LogP) is 2.83. The van der Waals surface area contributed by atoms with Crippen molar-refractivity contribution in [2.75, 3.05) is 13.0 Å². The number of ether oxygens (including phenoxy) is 2. The molecular weight excluding hydrogens is 340 g/mol. The third kappa shape index (κ3) is 2.95. The summed E-state index contributed by atoms with van der Waals surface area (Å²) in [4.78, 5) is 0. The molecule has 0 bridgehead atoms. The Labute approximate surface area is 146 Å². The highest BCUT2D eigenvalue weighted by Crippen LogP contribution is 2.38. The van der Waals surface area contributed by atoms with Crippen molar-refractivity contribution >= 4 is 15.7 Å². The van der Waals surface area contributed by atoms with E-state index >= 15 is 0 Å². The van der Waals surface area contributed by atoms with Crippen molar-refractivity contribution in [1.29, 1.82) is 0 Å². The second-order valence-electron chi connectivity index (χ2n) is 6.28. The van der Waals surface area contributed by atoms with Crippen molar-refractivity contribution < 1.29 is 17.9 Å². The topological polar surface area (TPSA) is 68.2 Å². The molecule has 7 heteroatoms. The lowest BCUT2D eigenvalue weighted by atomic mass is 9.98. The number of aryl methyl sites for hydroxylation is 1. The lowest BCUT2D eigenvalue weighted by Gasteiger charge is -2.21. The molecule has 0 spiro atoms. The molecule has 2 aromatic rings. The van der Waals surface area contributed by atoms with Gasteiger partial charge < -0.3 is 9.47 Å². The number of benzene rings is 2. The number of hydrogen-bond donors (Lipinski definition) is 0. The summed E-state index contributed by atoms with van der Waals surface area (Å²) in [7, 11) is -3.48. The van der Waals surface area contributed by atoms with Gasteiger partial charge in [0.15, 0.2) is 11.5 Å². The van der Waals surface area contributed by atoms with Crippen LogP contribution < -0.4 is 9.47 Å². The molecule has 130 valence electrons. The maximum Gasteiger partial charge on any atom is 0.247 e. The standard InChI is InChI=1S/C18H18N2O4S/c1-12-4-3-5-14(8-12)16-10-15(19-20(16)25(2,21)22)13-6-7-17-18(9-13)24-11-23-17/h3-9,16H,10-11H2,1-2H3/t16-/m0/s1. The Hall–Kier alpha value is -2.54. The van der Waals surface area contributed by atoms with Gasteiger partial charge in [-0.05, 0) is 30.7 Å². The summed E-state index contributed by atoms with van der Waals surface area (Å²) < 4.78 is 36.4. The molecule has 0 saturated heterocycles. The van der Waals surface area contributed by atoms with Crippen LogP contribution in [0.2, 0.25) is 0 Å². The zero-order chi connectivity index (χ0) is 17.6. The molecule has 0 saturated carbocycles. The van der Waals surface area contributed by atoms with Gasteiger partial charge in [0.1, 0.15) is 0 Å². The molecule has 6 nitrogen and oxygen atoms in total. The highest BCUT2D eigenvalue weighted by atomic mass is 32.2. The van der Waals surface area contributed by atoms with E-state index in [4.69, 9.17) is 9.47 Å². The summed E-state index contributed by atoms with van der Waals surface area (Å²) in [5, 5.41) is 4.41.